The summed E-state index contributed by atoms with van der Waals surface area (Å²) in [4.78, 5) is 0. The third-order valence-electron chi connectivity index (χ3n) is 3.87. The maximum atomic E-state index is 5.62. The van der Waals surface area contributed by atoms with Gasteiger partial charge in [0.05, 0.1) is 0 Å². The zero-order chi connectivity index (χ0) is 11.8. The molecular formula is C14H26N2. The molecule has 0 spiro atoms. The largest absolute Gasteiger partial charge is 0.271 e. The Labute approximate surface area is 100 Å². The van der Waals surface area contributed by atoms with E-state index < -0.39 is 0 Å². The minimum atomic E-state index is 0.398. The summed E-state index contributed by atoms with van der Waals surface area (Å²) in [5.74, 6) is 13.4. The first-order chi connectivity index (χ1) is 7.81. The average Bonchev–Trinajstić information content (AvgIpc) is 2.32. The van der Waals surface area contributed by atoms with E-state index in [-0.39, 0.29) is 0 Å². The molecule has 0 aromatic rings. The summed E-state index contributed by atoms with van der Waals surface area (Å²) in [7, 11) is 0. The second-order valence-electron chi connectivity index (χ2n) is 4.97. The molecule has 1 atom stereocenters. The van der Waals surface area contributed by atoms with Crippen LogP contribution in [0.3, 0.4) is 0 Å². The van der Waals surface area contributed by atoms with E-state index in [4.69, 9.17) is 5.84 Å². The van der Waals surface area contributed by atoms with E-state index in [2.05, 4.69) is 24.2 Å². The lowest BCUT2D eigenvalue weighted by molar-refractivity contribution is 0.215. The topological polar surface area (TPSA) is 38.0 Å². The highest BCUT2D eigenvalue weighted by Crippen LogP contribution is 2.33. The molecule has 0 aromatic carbocycles. The number of hydrogen-bond donors (Lipinski definition) is 2. The molecule has 16 heavy (non-hydrogen) atoms. The molecule has 2 nitrogen and oxygen atoms in total. The first kappa shape index (κ1) is 13.5. The van der Waals surface area contributed by atoms with Gasteiger partial charge in [-0.05, 0) is 31.6 Å². The van der Waals surface area contributed by atoms with Crippen LogP contribution in [-0.4, -0.2) is 6.04 Å². The Morgan fingerprint density at radius 2 is 2.00 bits per heavy atom. The quantitative estimate of drug-likeness (QED) is 0.426. The summed E-state index contributed by atoms with van der Waals surface area (Å²) in [5, 5.41) is 0. The van der Waals surface area contributed by atoms with Gasteiger partial charge in [-0.1, -0.05) is 32.6 Å². The summed E-state index contributed by atoms with van der Waals surface area (Å²) in [6.45, 7) is 4.18. The lowest BCUT2D eigenvalue weighted by Crippen LogP contribution is -2.42. The van der Waals surface area contributed by atoms with Crippen LogP contribution < -0.4 is 11.3 Å². The maximum absolute atomic E-state index is 5.62. The van der Waals surface area contributed by atoms with Crippen molar-refractivity contribution in [2.75, 3.05) is 0 Å². The molecule has 0 aromatic heterocycles. The van der Waals surface area contributed by atoms with Crippen LogP contribution in [-0.2, 0) is 0 Å². The molecule has 1 rings (SSSR count). The van der Waals surface area contributed by atoms with Crippen LogP contribution in [0.15, 0.2) is 0 Å². The smallest absolute Gasteiger partial charge is 0.0348 e. The van der Waals surface area contributed by atoms with Gasteiger partial charge in [0.1, 0.15) is 0 Å². The number of nitrogens with one attached hydrogen (secondary N) is 1. The summed E-state index contributed by atoms with van der Waals surface area (Å²) in [6.07, 6.45) is 9.05. The van der Waals surface area contributed by atoms with Crippen molar-refractivity contribution in [3.8, 4) is 11.8 Å². The molecule has 1 saturated carbocycles. The zero-order valence-corrected chi connectivity index (χ0v) is 10.8. The average molecular weight is 222 g/mol. The second kappa shape index (κ2) is 7.70. The maximum Gasteiger partial charge on any atom is 0.0348 e. The van der Waals surface area contributed by atoms with E-state index in [0.29, 0.717) is 6.04 Å². The molecule has 0 radical (unpaired) electrons. The SMILES string of the molecule is CC#CCC(NN)C1CCC(CCC)CC1. The van der Waals surface area contributed by atoms with Crippen LogP contribution >= 0.6 is 0 Å². The molecule has 0 amide bonds. The summed E-state index contributed by atoms with van der Waals surface area (Å²) < 4.78 is 0. The Morgan fingerprint density at radius 1 is 1.31 bits per heavy atom. The summed E-state index contributed by atoms with van der Waals surface area (Å²) >= 11 is 0. The monoisotopic (exact) mass is 222 g/mol. The fraction of sp³-hybridized carbons (Fsp3) is 0.857. The van der Waals surface area contributed by atoms with E-state index >= 15 is 0 Å². The van der Waals surface area contributed by atoms with E-state index in [1.807, 2.05) is 6.92 Å². The summed E-state index contributed by atoms with van der Waals surface area (Å²) in [6, 6.07) is 0.398. The highest BCUT2D eigenvalue weighted by Gasteiger charge is 2.25. The third-order valence-corrected chi connectivity index (χ3v) is 3.87. The number of hydrazine groups is 1. The van der Waals surface area contributed by atoms with Crippen LogP contribution in [0.4, 0.5) is 0 Å². The van der Waals surface area contributed by atoms with Gasteiger partial charge in [-0.25, -0.2) is 0 Å². The number of hydrogen-bond acceptors (Lipinski definition) is 2. The van der Waals surface area contributed by atoms with Crippen LogP contribution in [0, 0.1) is 23.7 Å². The van der Waals surface area contributed by atoms with Crippen molar-refractivity contribution in [2.45, 2.75) is 64.8 Å². The normalized spacial score (nSPS) is 26.9. The van der Waals surface area contributed by atoms with Crippen LogP contribution in [0.25, 0.3) is 0 Å². The Bertz CT molecular complexity index is 231. The van der Waals surface area contributed by atoms with Gasteiger partial charge in [-0.15, -0.1) is 11.8 Å². The number of rotatable bonds is 5. The molecule has 1 aliphatic rings. The fourth-order valence-corrected chi connectivity index (χ4v) is 2.86. The van der Waals surface area contributed by atoms with Gasteiger partial charge in [-0.3, -0.25) is 11.3 Å². The Hall–Kier alpha value is -0.520. The Morgan fingerprint density at radius 3 is 2.50 bits per heavy atom. The molecule has 1 fully saturated rings. The predicted molar refractivity (Wildman–Crippen MR) is 69.5 cm³/mol. The molecular weight excluding hydrogens is 196 g/mol. The van der Waals surface area contributed by atoms with Gasteiger partial charge in [0.25, 0.3) is 0 Å². The van der Waals surface area contributed by atoms with Crippen molar-refractivity contribution in [3.63, 3.8) is 0 Å². The lowest BCUT2D eigenvalue weighted by Gasteiger charge is -2.32. The number of nitrogens with two attached hydrogens (primary N) is 1. The van der Waals surface area contributed by atoms with Crippen molar-refractivity contribution in [3.05, 3.63) is 0 Å². The second-order valence-corrected chi connectivity index (χ2v) is 4.97. The van der Waals surface area contributed by atoms with Crippen LogP contribution in [0.1, 0.15) is 58.8 Å². The lowest BCUT2D eigenvalue weighted by atomic mass is 9.76. The standard InChI is InChI=1S/C14H26N2/c1-3-5-7-14(16-15)13-10-8-12(6-4-2)9-11-13/h12-14,16H,4,6-11,15H2,1-2H3. The summed E-state index contributed by atoms with van der Waals surface area (Å²) in [5.41, 5.74) is 2.95. The van der Waals surface area contributed by atoms with Gasteiger partial charge in [0.2, 0.25) is 0 Å². The Kier molecular flexibility index (Phi) is 6.52. The third kappa shape index (κ3) is 4.15. The molecule has 92 valence electrons. The molecule has 0 heterocycles. The molecule has 0 saturated heterocycles. The van der Waals surface area contributed by atoms with E-state index in [1.165, 1.54) is 38.5 Å². The predicted octanol–water partition coefficient (Wildman–Crippen LogP) is 2.84. The highest BCUT2D eigenvalue weighted by atomic mass is 15.2. The van der Waals surface area contributed by atoms with E-state index in [1.54, 1.807) is 0 Å². The van der Waals surface area contributed by atoms with Crippen LogP contribution in [0.5, 0.6) is 0 Å². The molecule has 0 bridgehead atoms. The van der Waals surface area contributed by atoms with Gasteiger partial charge in [0, 0.05) is 12.5 Å². The van der Waals surface area contributed by atoms with Crippen LogP contribution in [0.2, 0.25) is 0 Å². The molecule has 0 aliphatic heterocycles. The van der Waals surface area contributed by atoms with Gasteiger partial charge in [-0.2, -0.15) is 0 Å². The van der Waals surface area contributed by atoms with E-state index in [0.717, 1.165) is 18.3 Å². The molecule has 1 unspecified atom stereocenters. The van der Waals surface area contributed by atoms with E-state index in [9.17, 15) is 0 Å². The zero-order valence-electron chi connectivity index (χ0n) is 10.8. The molecule has 2 heteroatoms. The minimum absolute atomic E-state index is 0.398. The first-order valence-corrected chi connectivity index (χ1v) is 6.67. The van der Waals surface area contributed by atoms with Gasteiger partial charge < -0.3 is 0 Å². The van der Waals surface area contributed by atoms with Crippen molar-refractivity contribution in [1.29, 1.82) is 0 Å². The van der Waals surface area contributed by atoms with Gasteiger partial charge >= 0.3 is 0 Å². The van der Waals surface area contributed by atoms with Crippen molar-refractivity contribution in [1.82, 2.24) is 5.43 Å². The Balaban J connectivity index is 2.34. The van der Waals surface area contributed by atoms with Crippen molar-refractivity contribution < 1.29 is 0 Å². The fourth-order valence-electron chi connectivity index (χ4n) is 2.86. The highest BCUT2D eigenvalue weighted by molar-refractivity contribution is 4.99. The van der Waals surface area contributed by atoms with Crippen molar-refractivity contribution in [2.24, 2.45) is 17.7 Å². The molecule has 3 N–H and O–H groups in total. The first-order valence-electron chi connectivity index (χ1n) is 6.67. The van der Waals surface area contributed by atoms with Gasteiger partial charge in [0.15, 0.2) is 0 Å². The molecule has 1 aliphatic carbocycles. The van der Waals surface area contributed by atoms with Crippen molar-refractivity contribution >= 4 is 0 Å². The minimum Gasteiger partial charge on any atom is -0.271 e.